The summed E-state index contributed by atoms with van der Waals surface area (Å²) in [6.45, 7) is 1.47. The van der Waals surface area contributed by atoms with Crippen LogP contribution in [0.1, 0.15) is 25.7 Å². The first kappa shape index (κ1) is 30.5. The van der Waals surface area contributed by atoms with Crippen LogP contribution < -0.4 is 10.2 Å². The number of carbonyl (C=O) groups excluding carboxylic acids is 1. The number of amides is 1. The Bertz CT molecular complexity index is 1450. The van der Waals surface area contributed by atoms with E-state index in [2.05, 4.69) is 20.3 Å². The zero-order valence-electron chi connectivity index (χ0n) is 22.5. The first-order chi connectivity index (χ1) is 20.3. The normalized spacial score (nSPS) is 18.7. The Hall–Kier alpha value is -3.95. The number of thiazole rings is 1. The van der Waals surface area contributed by atoms with Gasteiger partial charge in [0.25, 0.3) is 0 Å². The highest BCUT2D eigenvalue weighted by Gasteiger charge is 2.70. The number of carboxylic acid groups (broad SMARTS) is 1. The van der Waals surface area contributed by atoms with E-state index in [4.69, 9.17) is 5.11 Å². The van der Waals surface area contributed by atoms with Crippen LogP contribution in [0.4, 0.5) is 43.0 Å². The maximum atomic E-state index is 13.2. The van der Waals surface area contributed by atoms with Crippen molar-refractivity contribution in [2.24, 2.45) is 10.8 Å². The van der Waals surface area contributed by atoms with E-state index >= 15 is 0 Å². The summed E-state index contributed by atoms with van der Waals surface area (Å²) >= 11 is 1.45. The third-order valence-corrected chi connectivity index (χ3v) is 8.51. The van der Waals surface area contributed by atoms with Crippen LogP contribution >= 0.6 is 11.3 Å². The van der Waals surface area contributed by atoms with Gasteiger partial charge in [0, 0.05) is 37.8 Å². The number of halogens is 6. The predicted molar refractivity (Wildman–Crippen MR) is 145 cm³/mol. The van der Waals surface area contributed by atoms with Crippen molar-refractivity contribution >= 4 is 39.9 Å². The lowest BCUT2D eigenvalue weighted by atomic mass is 10.0. The lowest BCUT2D eigenvalue weighted by molar-refractivity contribution is -0.203. The summed E-state index contributed by atoms with van der Waals surface area (Å²) in [6, 6.07) is 9.39. The summed E-state index contributed by atoms with van der Waals surface area (Å²) in [6.07, 6.45) is -6.35. The number of pyridine rings is 2. The number of nitrogens with zero attached hydrogens (tertiary/aromatic N) is 5. The Labute approximate surface area is 245 Å². The third kappa shape index (κ3) is 6.24. The minimum atomic E-state index is -4.57. The Morgan fingerprint density at radius 2 is 1.51 bits per heavy atom. The second-order valence-corrected chi connectivity index (χ2v) is 11.4. The average molecular weight is 629 g/mol. The second-order valence-electron chi connectivity index (χ2n) is 10.5. The number of hydrogen-bond donors (Lipinski definition) is 2. The van der Waals surface area contributed by atoms with Crippen molar-refractivity contribution in [3.8, 4) is 11.4 Å². The molecule has 0 aromatic carbocycles. The standard InChI is InChI=1S/C22H21F3N6OS.C5H5F3O2/c23-22(24,25)21(6-7-21)19(32)31-11-9-30(10-12-31)15-4-5-18(27-13-15)29-20-28-17(14-33-20)16-3-1-2-8-26-16;6-5(7,8)4(1-2-4)3(9)10/h1-5,8,13-14H,6-7,9-12H2,(H,27,28,29);1-2H2,(H,9,10). The number of hydrogen-bond acceptors (Lipinski definition) is 8. The molecule has 43 heavy (non-hydrogen) atoms. The first-order valence-electron chi connectivity index (χ1n) is 13.3. The average Bonchev–Trinajstić information content (AvgIpc) is 3.90. The van der Waals surface area contributed by atoms with Crippen LogP contribution in [-0.2, 0) is 9.59 Å². The Kier molecular flexibility index (Phi) is 8.00. The molecule has 3 aliphatic rings. The SMILES string of the molecule is O=C(N1CCN(c2ccc(Nc3nc(-c4ccccn4)cs3)nc2)CC1)C1(C(F)(F)F)CC1.O=C(O)C1(C(F)(F)F)CC1. The van der Waals surface area contributed by atoms with Gasteiger partial charge in [0.2, 0.25) is 5.91 Å². The summed E-state index contributed by atoms with van der Waals surface area (Å²) < 4.78 is 75.0. The molecule has 0 atom stereocenters. The number of piperazine rings is 1. The Morgan fingerprint density at radius 1 is 0.860 bits per heavy atom. The highest BCUT2D eigenvalue weighted by molar-refractivity contribution is 7.14. The van der Waals surface area contributed by atoms with E-state index in [0.29, 0.717) is 24.0 Å². The molecule has 4 heterocycles. The fraction of sp³-hybridized carbons (Fsp3) is 0.444. The number of anilines is 3. The van der Waals surface area contributed by atoms with Gasteiger partial charge in [0.15, 0.2) is 10.5 Å². The van der Waals surface area contributed by atoms with Crippen LogP contribution in [0.15, 0.2) is 48.1 Å². The molecule has 3 aromatic rings. The summed E-state index contributed by atoms with van der Waals surface area (Å²) in [5.74, 6) is -1.89. The van der Waals surface area contributed by atoms with Gasteiger partial charge in [-0.2, -0.15) is 26.3 Å². The van der Waals surface area contributed by atoms with Gasteiger partial charge in [-0.15, -0.1) is 11.3 Å². The second kappa shape index (κ2) is 11.3. The van der Waals surface area contributed by atoms with Crippen molar-refractivity contribution in [3.63, 3.8) is 0 Å². The van der Waals surface area contributed by atoms with E-state index in [1.807, 2.05) is 40.6 Å². The van der Waals surface area contributed by atoms with Gasteiger partial charge >= 0.3 is 18.3 Å². The molecule has 1 aliphatic heterocycles. The van der Waals surface area contributed by atoms with Gasteiger partial charge in [-0.1, -0.05) is 6.07 Å². The van der Waals surface area contributed by atoms with Crippen LogP contribution in [0.2, 0.25) is 0 Å². The molecule has 16 heteroatoms. The summed E-state index contributed by atoms with van der Waals surface area (Å²) in [5.41, 5.74) is -2.10. The molecule has 0 unspecified atom stereocenters. The third-order valence-electron chi connectivity index (χ3n) is 7.75. The molecule has 9 nitrogen and oxygen atoms in total. The first-order valence-corrected chi connectivity index (χ1v) is 14.1. The van der Waals surface area contributed by atoms with Crippen LogP contribution in [0.5, 0.6) is 0 Å². The van der Waals surface area contributed by atoms with E-state index in [1.165, 1.54) is 16.2 Å². The van der Waals surface area contributed by atoms with Crippen molar-refractivity contribution in [2.45, 2.75) is 38.0 Å². The Morgan fingerprint density at radius 3 is 1.98 bits per heavy atom. The molecular weight excluding hydrogens is 602 g/mol. The molecule has 0 bridgehead atoms. The molecule has 2 N–H and O–H groups in total. The number of aromatic nitrogens is 3. The summed E-state index contributed by atoms with van der Waals surface area (Å²) in [7, 11) is 0. The van der Waals surface area contributed by atoms with Crippen molar-refractivity contribution < 1.29 is 41.0 Å². The molecule has 0 spiro atoms. The minimum absolute atomic E-state index is 0.101. The van der Waals surface area contributed by atoms with Gasteiger partial charge in [-0.25, -0.2) is 9.97 Å². The molecule has 2 aliphatic carbocycles. The topological polar surface area (TPSA) is 112 Å². The van der Waals surface area contributed by atoms with Crippen LogP contribution in [0.3, 0.4) is 0 Å². The maximum Gasteiger partial charge on any atom is 0.404 e. The van der Waals surface area contributed by atoms with Gasteiger partial charge < -0.3 is 20.2 Å². The predicted octanol–water partition coefficient (Wildman–Crippen LogP) is 5.75. The number of carbonyl (C=O) groups is 2. The lowest BCUT2D eigenvalue weighted by Gasteiger charge is -2.37. The molecule has 2 saturated carbocycles. The van der Waals surface area contributed by atoms with Gasteiger partial charge in [0.1, 0.15) is 16.9 Å². The van der Waals surface area contributed by atoms with Gasteiger partial charge in [-0.3, -0.25) is 14.6 Å². The summed E-state index contributed by atoms with van der Waals surface area (Å²) in [4.78, 5) is 39.1. The smallest absolute Gasteiger partial charge is 0.404 e. The molecule has 230 valence electrons. The van der Waals surface area contributed by atoms with Crippen molar-refractivity contribution in [1.29, 1.82) is 0 Å². The zero-order chi connectivity index (χ0) is 31.0. The largest absolute Gasteiger partial charge is 0.481 e. The van der Waals surface area contributed by atoms with Crippen molar-refractivity contribution in [2.75, 3.05) is 36.4 Å². The van der Waals surface area contributed by atoms with Crippen LogP contribution in [0.25, 0.3) is 11.4 Å². The van der Waals surface area contributed by atoms with E-state index < -0.39 is 35.1 Å². The van der Waals surface area contributed by atoms with Gasteiger partial charge in [0.05, 0.1) is 17.6 Å². The van der Waals surface area contributed by atoms with Gasteiger partial charge in [-0.05, 0) is 49.9 Å². The van der Waals surface area contributed by atoms with E-state index in [0.717, 1.165) is 17.1 Å². The number of nitrogens with one attached hydrogen (secondary N) is 1. The van der Waals surface area contributed by atoms with Crippen molar-refractivity contribution in [1.82, 2.24) is 19.9 Å². The molecule has 0 radical (unpaired) electrons. The molecule has 1 saturated heterocycles. The molecule has 1 amide bonds. The molecule has 6 rings (SSSR count). The van der Waals surface area contributed by atoms with E-state index in [-0.39, 0.29) is 38.8 Å². The summed E-state index contributed by atoms with van der Waals surface area (Å²) in [5, 5.41) is 13.9. The quantitative estimate of drug-likeness (QED) is 0.332. The number of rotatable bonds is 6. The fourth-order valence-electron chi connectivity index (χ4n) is 4.68. The van der Waals surface area contributed by atoms with Crippen LogP contribution in [-0.4, -0.2) is 75.4 Å². The lowest BCUT2D eigenvalue weighted by Crippen LogP contribution is -2.53. The van der Waals surface area contributed by atoms with E-state index in [9.17, 15) is 35.9 Å². The molecular formula is C27H26F6N6O3S. The molecule has 3 aromatic heterocycles. The fourth-order valence-corrected chi connectivity index (χ4v) is 5.39. The van der Waals surface area contributed by atoms with Crippen LogP contribution in [0, 0.1) is 10.8 Å². The number of carboxylic acids is 1. The Balaban J connectivity index is 0.000000314. The van der Waals surface area contributed by atoms with Crippen molar-refractivity contribution in [3.05, 3.63) is 48.1 Å². The number of alkyl halides is 6. The highest BCUT2D eigenvalue weighted by atomic mass is 32.1. The maximum absolute atomic E-state index is 13.2. The van der Waals surface area contributed by atoms with E-state index in [1.54, 1.807) is 12.4 Å². The number of aliphatic carboxylic acids is 1. The molecule has 3 fully saturated rings. The minimum Gasteiger partial charge on any atom is -0.481 e. The monoisotopic (exact) mass is 628 g/mol. The highest BCUT2D eigenvalue weighted by Crippen LogP contribution is 2.59. The zero-order valence-corrected chi connectivity index (χ0v) is 23.3.